The third kappa shape index (κ3) is 2.46. The van der Waals surface area contributed by atoms with Gasteiger partial charge in [-0.25, -0.2) is 9.97 Å². The minimum atomic E-state index is 0.326. The van der Waals surface area contributed by atoms with Gasteiger partial charge in [-0.1, -0.05) is 33.6 Å². The lowest BCUT2D eigenvalue weighted by Gasteiger charge is -1.96. The van der Waals surface area contributed by atoms with Gasteiger partial charge in [-0.2, -0.15) is 0 Å². The first kappa shape index (κ1) is 9.48. The number of anilines is 1. The van der Waals surface area contributed by atoms with Gasteiger partial charge in [0.2, 0.25) is 0 Å². The van der Waals surface area contributed by atoms with Gasteiger partial charge >= 0.3 is 0 Å². The molecular weight excluding hydrogens is 241 g/mol. The van der Waals surface area contributed by atoms with Gasteiger partial charge in [-0.05, 0) is 6.08 Å². The van der Waals surface area contributed by atoms with Crippen LogP contribution in [0.25, 0.3) is 6.08 Å². The van der Waals surface area contributed by atoms with Gasteiger partial charge in [0.25, 0.3) is 0 Å². The molecule has 0 saturated heterocycles. The van der Waals surface area contributed by atoms with Crippen LogP contribution >= 0.6 is 27.5 Å². The van der Waals surface area contributed by atoms with Crippen molar-refractivity contribution in [2.75, 3.05) is 11.1 Å². The number of hydrogen-bond donors (Lipinski definition) is 1. The van der Waals surface area contributed by atoms with Crippen molar-refractivity contribution in [3.8, 4) is 0 Å². The predicted molar refractivity (Wildman–Crippen MR) is 54.3 cm³/mol. The molecule has 0 bridgehead atoms. The summed E-state index contributed by atoms with van der Waals surface area (Å²) in [6.07, 6.45) is 5.13. The zero-order chi connectivity index (χ0) is 8.97. The number of alkyl halides is 1. The van der Waals surface area contributed by atoms with Crippen molar-refractivity contribution in [1.29, 1.82) is 0 Å². The summed E-state index contributed by atoms with van der Waals surface area (Å²) in [6, 6.07) is 0. The molecule has 0 amide bonds. The van der Waals surface area contributed by atoms with Crippen molar-refractivity contribution < 1.29 is 0 Å². The Hall–Kier alpha value is -0.610. The normalized spacial score (nSPS) is 10.8. The lowest BCUT2D eigenvalue weighted by Crippen LogP contribution is -1.94. The molecule has 1 aromatic heterocycles. The van der Waals surface area contributed by atoms with Crippen LogP contribution in [0.2, 0.25) is 5.15 Å². The Morgan fingerprint density at radius 2 is 2.42 bits per heavy atom. The number of nitrogen functional groups attached to an aromatic ring is 1. The first-order chi connectivity index (χ1) is 5.74. The van der Waals surface area contributed by atoms with Gasteiger partial charge in [0.1, 0.15) is 11.5 Å². The van der Waals surface area contributed by atoms with Crippen LogP contribution in [0.3, 0.4) is 0 Å². The van der Waals surface area contributed by atoms with Crippen molar-refractivity contribution in [2.45, 2.75) is 0 Å². The molecule has 64 valence electrons. The molecule has 12 heavy (non-hydrogen) atoms. The average Bonchev–Trinajstić information content (AvgIpc) is 2.03. The van der Waals surface area contributed by atoms with Crippen LogP contribution in [0.1, 0.15) is 5.69 Å². The van der Waals surface area contributed by atoms with Crippen LogP contribution in [0.4, 0.5) is 5.82 Å². The zero-order valence-corrected chi connectivity index (χ0v) is 8.51. The monoisotopic (exact) mass is 247 g/mol. The predicted octanol–water partition coefficient (Wildman–Crippen LogP) is 2.12. The minimum Gasteiger partial charge on any atom is -0.382 e. The Morgan fingerprint density at radius 1 is 1.67 bits per heavy atom. The van der Waals surface area contributed by atoms with E-state index >= 15 is 0 Å². The standard InChI is InChI=1S/C7H7BrClN3/c8-3-1-2-5-7(9)12-6(10)4-11-5/h1-2,4H,3H2,(H2,10,12). The van der Waals surface area contributed by atoms with E-state index in [9.17, 15) is 0 Å². The Kier molecular flexibility index (Phi) is 3.49. The molecule has 0 aliphatic rings. The van der Waals surface area contributed by atoms with Crippen LogP contribution in [0.15, 0.2) is 12.3 Å². The maximum atomic E-state index is 5.75. The summed E-state index contributed by atoms with van der Waals surface area (Å²) in [7, 11) is 0. The molecule has 0 spiro atoms. The molecule has 1 heterocycles. The lowest BCUT2D eigenvalue weighted by atomic mass is 10.4. The van der Waals surface area contributed by atoms with E-state index in [1.165, 1.54) is 6.20 Å². The van der Waals surface area contributed by atoms with Crippen molar-refractivity contribution in [3.63, 3.8) is 0 Å². The van der Waals surface area contributed by atoms with E-state index in [1.54, 1.807) is 6.08 Å². The Labute approximate surface area is 83.8 Å². The molecule has 1 rings (SSSR count). The maximum absolute atomic E-state index is 5.75. The van der Waals surface area contributed by atoms with E-state index in [1.807, 2.05) is 6.08 Å². The van der Waals surface area contributed by atoms with Crippen LogP contribution in [0.5, 0.6) is 0 Å². The summed E-state index contributed by atoms with van der Waals surface area (Å²) < 4.78 is 0. The number of halogens is 2. The molecule has 0 unspecified atom stereocenters. The van der Waals surface area contributed by atoms with Gasteiger partial charge in [-0.15, -0.1) is 0 Å². The fraction of sp³-hybridized carbons (Fsp3) is 0.143. The van der Waals surface area contributed by atoms with E-state index in [4.69, 9.17) is 17.3 Å². The SMILES string of the molecule is Nc1cnc(C=CCBr)c(Cl)n1. The third-order valence-corrected chi connectivity index (χ3v) is 1.79. The van der Waals surface area contributed by atoms with Gasteiger partial charge in [0, 0.05) is 5.33 Å². The molecular formula is C7H7BrClN3. The highest BCUT2D eigenvalue weighted by atomic mass is 79.9. The quantitative estimate of drug-likeness (QED) is 0.816. The third-order valence-electron chi connectivity index (χ3n) is 1.14. The molecule has 2 N–H and O–H groups in total. The van der Waals surface area contributed by atoms with E-state index < -0.39 is 0 Å². The lowest BCUT2D eigenvalue weighted by molar-refractivity contribution is 1.19. The van der Waals surface area contributed by atoms with E-state index in [-0.39, 0.29) is 0 Å². The highest BCUT2D eigenvalue weighted by molar-refractivity contribution is 9.09. The fourth-order valence-electron chi connectivity index (χ4n) is 0.656. The van der Waals surface area contributed by atoms with Crippen molar-refractivity contribution in [2.24, 2.45) is 0 Å². The molecule has 0 aromatic carbocycles. The second-order valence-corrected chi connectivity index (χ2v) is 3.03. The van der Waals surface area contributed by atoms with Gasteiger partial charge in [0.05, 0.1) is 6.20 Å². The van der Waals surface area contributed by atoms with Crippen LogP contribution in [-0.2, 0) is 0 Å². The fourth-order valence-corrected chi connectivity index (χ4v) is 1.05. The molecule has 3 nitrogen and oxygen atoms in total. The van der Waals surface area contributed by atoms with E-state index in [2.05, 4.69) is 25.9 Å². The summed E-state index contributed by atoms with van der Waals surface area (Å²) in [5.74, 6) is 0.330. The number of nitrogens with zero attached hydrogens (tertiary/aromatic N) is 2. The number of allylic oxidation sites excluding steroid dienone is 1. The highest BCUT2D eigenvalue weighted by Gasteiger charge is 1.98. The van der Waals surface area contributed by atoms with Crippen LogP contribution in [-0.4, -0.2) is 15.3 Å². The van der Waals surface area contributed by atoms with Gasteiger partial charge in [0.15, 0.2) is 5.15 Å². The molecule has 5 heteroatoms. The summed E-state index contributed by atoms with van der Waals surface area (Å²) in [5.41, 5.74) is 5.99. The van der Waals surface area contributed by atoms with Gasteiger partial charge < -0.3 is 5.73 Å². The molecule has 0 aliphatic heterocycles. The minimum absolute atomic E-state index is 0.326. The van der Waals surface area contributed by atoms with E-state index in [0.29, 0.717) is 16.7 Å². The highest BCUT2D eigenvalue weighted by Crippen LogP contribution is 2.12. The summed E-state index contributed by atoms with van der Waals surface area (Å²) >= 11 is 8.99. The molecule has 0 fully saturated rings. The molecule has 0 saturated carbocycles. The number of aromatic nitrogens is 2. The van der Waals surface area contributed by atoms with Crippen molar-refractivity contribution in [3.05, 3.63) is 23.1 Å². The van der Waals surface area contributed by atoms with Crippen molar-refractivity contribution in [1.82, 2.24) is 9.97 Å². The molecule has 1 aromatic rings. The number of nitrogens with two attached hydrogens (primary N) is 1. The maximum Gasteiger partial charge on any atom is 0.157 e. The first-order valence-corrected chi connectivity index (χ1v) is 4.74. The number of rotatable bonds is 2. The summed E-state index contributed by atoms with van der Waals surface area (Å²) in [5, 5.41) is 1.09. The van der Waals surface area contributed by atoms with Crippen molar-refractivity contribution >= 4 is 39.4 Å². The summed E-state index contributed by atoms with van der Waals surface area (Å²) in [4.78, 5) is 7.83. The van der Waals surface area contributed by atoms with Crippen LogP contribution in [0, 0.1) is 0 Å². The van der Waals surface area contributed by atoms with E-state index in [0.717, 1.165) is 5.33 Å². The molecule has 0 atom stereocenters. The second-order valence-electron chi connectivity index (χ2n) is 2.03. The second kappa shape index (κ2) is 4.42. The Bertz CT molecular complexity index is 301. The molecule has 0 radical (unpaired) electrons. The summed E-state index contributed by atoms with van der Waals surface area (Å²) in [6.45, 7) is 0. The smallest absolute Gasteiger partial charge is 0.157 e. The molecule has 0 aliphatic carbocycles. The average molecular weight is 249 g/mol. The van der Waals surface area contributed by atoms with Gasteiger partial charge in [-0.3, -0.25) is 0 Å². The largest absolute Gasteiger partial charge is 0.382 e. The van der Waals surface area contributed by atoms with Crippen LogP contribution < -0.4 is 5.73 Å². The topological polar surface area (TPSA) is 51.8 Å². The zero-order valence-electron chi connectivity index (χ0n) is 6.17. The first-order valence-electron chi connectivity index (χ1n) is 3.24. The Morgan fingerprint density at radius 3 is 3.00 bits per heavy atom. The Balaban J connectivity index is 2.94. The number of hydrogen-bond acceptors (Lipinski definition) is 3.